The molecule has 23 heavy (non-hydrogen) atoms. The van der Waals surface area contributed by atoms with E-state index in [2.05, 4.69) is 72.5 Å². The molecule has 132 valence electrons. The Morgan fingerprint density at radius 2 is 1.70 bits per heavy atom. The van der Waals surface area contributed by atoms with Crippen LogP contribution in [0, 0.1) is 0 Å². The topological polar surface area (TPSA) is 39.7 Å². The van der Waals surface area contributed by atoms with Gasteiger partial charge in [-0.3, -0.25) is 9.89 Å². The van der Waals surface area contributed by atoms with E-state index in [4.69, 9.17) is 0 Å². The van der Waals surface area contributed by atoms with Gasteiger partial charge in [-0.25, -0.2) is 0 Å². The van der Waals surface area contributed by atoms with E-state index in [1.165, 1.54) is 11.1 Å². The summed E-state index contributed by atoms with van der Waals surface area (Å²) in [6, 6.07) is 9.06. The number of hydrogen-bond acceptors (Lipinski definition) is 2. The van der Waals surface area contributed by atoms with Crippen molar-refractivity contribution in [2.45, 2.75) is 46.7 Å². The number of likely N-dealkylation sites (N-methyl/N-ethyl adjacent to an activating group) is 1. The third-order valence-corrected chi connectivity index (χ3v) is 4.17. The fraction of sp³-hybridized carbons (Fsp3) is 0.611. The first-order valence-electron chi connectivity index (χ1n) is 8.41. The van der Waals surface area contributed by atoms with Crippen molar-refractivity contribution in [1.82, 2.24) is 15.5 Å². The Bertz CT molecular complexity index is 458. The Kier molecular flexibility index (Phi) is 12.1. The lowest BCUT2D eigenvalue weighted by atomic mass is 10.1. The summed E-state index contributed by atoms with van der Waals surface area (Å²) in [7, 11) is 1.82. The summed E-state index contributed by atoms with van der Waals surface area (Å²) in [4.78, 5) is 6.75. The number of aryl methyl sites for hydroxylation is 1. The first-order chi connectivity index (χ1) is 10.7. The van der Waals surface area contributed by atoms with Crippen molar-refractivity contribution in [2.75, 3.05) is 26.7 Å². The summed E-state index contributed by atoms with van der Waals surface area (Å²) in [6.07, 6.45) is 1.06. The molecule has 4 nitrogen and oxygen atoms in total. The molecule has 1 aromatic carbocycles. The predicted molar refractivity (Wildman–Crippen MR) is 112 cm³/mol. The Labute approximate surface area is 159 Å². The summed E-state index contributed by atoms with van der Waals surface area (Å²) in [6.45, 7) is 12.7. The first-order valence-corrected chi connectivity index (χ1v) is 8.41. The van der Waals surface area contributed by atoms with Crippen molar-refractivity contribution >= 4 is 29.9 Å². The molecule has 0 aliphatic rings. The van der Waals surface area contributed by atoms with E-state index in [1.54, 1.807) is 0 Å². The molecule has 0 radical (unpaired) electrons. The van der Waals surface area contributed by atoms with Crippen molar-refractivity contribution < 1.29 is 0 Å². The van der Waals surface area contributed by atoms with Crippen LogP contribution in [0.1, 0.15) is 38.8 Å². The molecule has 0 spiro atoms. The molecule has 1 unspecified atom stereocenters. The smallest absolute Gasteiger partial charge is 0.191 e. The molecule has 1 rings (SSSR count). The van der Waals surface area contributed by atoms with Crippen LogP contribution < -0.4 is 10.6 Å². The molecule has 0 aliphatic heterocycles. The van der Waals surface area contributed by atoms with E-state index in [-0.39, 0.29) is 24.0 Å². The normalized spacial score (nSPS) is 12.7. The average molecular weight is 432 g/mol. The molecule has 2 N–H and O–H groups in total. The second kappa shape index (κ2) is 12.6. The summed E-state index contributed by atoms with van der Waals surface area (Å²) in [5.41, 5.74) is 2.73. The van der Waals surface area contributed by atoms with Gasteiger partial charge in [0.2, 0.25) is 0 Å². The number of nitrogens with zero attached hydrogens (tertiary/aromatic N) is 2. The molecular formula is C18H33IN4. The fourth-order valence-corrected chi connectivity index (χ4v) is 2.69. The summed E-state index contributed by atoms with van der Waals surface area (Å²) < 4.78 is 0. The van der Waals surface area contributed by atoms with E-state index in [0.717, 1.165) is 38.6 Å². The largest absolute Gasteiger partial charge is 0.355 e. The number of rotatable bonds is 8. The van der Waals surface area contributed by atoms with Crippen LogP contribution in [-0.2, 0) is 13.0 Å². The van der Waals surface area contributed by atoms with Crippen LogP contribution in [0.25, 0.3) is 0 Å². The molecule has 0 saturated carbocycles. The Morgan fingerprint density at radius 3 is 2.22 bits per heavy atom. The SMILES string of the molecule is CCc1ccccc1CNC(=NC)NCC(C)N(CC)CC.I. The Balaban J connectivity index is 0.00000484. The summed E-state index contributed by atoms with van der Waals surface area (Å²) in [5, 5.41) is 6.83. The highest BCUT2D eigenvalue weighted by Gasteiger charge is 2.10. The molecule has 5 heteroatoms. The van der Waals surface area contributed by atoms with E-state index in [9.17, 15) is 0 Å². The first kappa shape index (κ1) is 22.2. The zero-order chi connectivity index (χ0) is 16.4. The third kappa shape index (κ3) is 7.52. The average Bonchev–Trinajstić information content (AvgIpc) is 2.56. The number of benzene rings is 1. The van der Waals surface area contributed by atoms with Gasteiger partial charge < -0.3 is 10.6 Å². The highest BCUT2D eigenvalue weighted by atomic mass is 127. The van der Waals surface area contributed by atoms with E-state index < -0.39 is 0 Å². The van der Waals surface area contributed by atoms with Gasteiger partial charge in [-0.2, -0.15) is 0 Å². The van der Waals surface area contributed by atoms with Crippen molar-refractivity contribution in [1.29, 1.82) is 0 Å². The number of guanidine groups is 1. The Morgan fingerprint density at radius 1 is 1.09 bits per heavy atom. The van der Waals surface area contributed by atoms with Crippen LogP contribution in [0.4, 0.5) is 0 Å². The highest BCUT2D eigenvalue weighted by molar-refractivity contribution is 14.0. The molecule has 0 saturated heterocycles. The van der Waals surface area contributed by atoms with Gasteiger partial charge in [0, 0.05) is 26.2 Å². The number of hydrogen-bond donors (Lipinski definition) is 2. The summed E-state index contributed by atoms with van der Waals surface area (Å²) in [5.74, 6) is 0.866. The maximum Gasteiger partial charge on any atom is 0.191 e. The van der Waals surface area contributed by atoms with Gasteiger partial charge in [-0.05, 0) is 37.6 Å². The quantitative estimate of drug-likeness (QED) is 0.376. The maximum atomic E-state index is 4.32. The van der Waals surface area contributed by atoms with Crippen molar-refractivity contribution in [3.8, 4) is 0 Å². The molecule has 0 fully saturated rings. The lowest BCUT2D eigenvalue weighted by Gasteiger charge is -2.27. The van der Waals surface area contributed by atoms with Gasteiger partial charge in [0.05, 0.1) is 0 Å². The standard InChI is InChI=1S/C18H32N4.HI/c1-6-16-11-9-10-12-17(16)14-21-18(19-5)20-13-15(4)22(7-2)8-3;/h9-12,15H,6-8,13-14H2,1-5H3,(H2,19,20,21);1H. The van der Waals surface area contributed by atoms with Gasteiger partial charge in [0.1, 0.15) is 0 Å². The summed E-state index contributed by atoms with van der Waals surface area (Å²) >= 11 is 0. The van der Waals surface area contributed by atoms with Crippen molar-refractivity contribution in [3.05, 3.63) is 35.4 Å². The molecule has 1 atom stereocenters. The molecule has 1 aromatic rings. The van der Waals surface area contributed by atoms with Crippen LogP contribution >= 0.6 is 24.0 Å². The van der Waals surface area contributed by atoms with Gasteiger partial charge in [0.25, 0.3) is 0 Å². The van der Waals surface area contributed by atoms with E-state index in [0.29, 0.717) is 6.04 Å². The number of halogens is 1. The van der Waals surface area contributed by atoms with E-state index in [1.807, 2.05) is 7.05 Å². The zero-order valence-corrected chi connectivity index (χ0v) is 17.6. The number of nitrogens with one attached hydrogen (secondary N) is 2. The molecule has 0 bridgehead atoms. The third-order valence-electron chi connectivity index (χ3n) is 4.17. The van der Waals surface area contributed by atoms with Gasteiger partial charge in [0.15, 0.2) is 5.96 Å². The molecule has 0 heterocycles. The maximum absolute atomic E-state index is 4.32. The minimum Gasteiger partial charge on any atom is -0.355 e. The second-order valence-electron chi connectivity index (χ2n) is 5.50. The lowest BCUT2D eigenvalue weighted by Crippen LogP contribution is -2.45. The predicted octanol–water partition coefficient (Wildman–Crippen LogP) is 3.26. The van der Waals surface area contributed by atoms with Crippen LogP contribution in [0.5, 0.6) is 0 Å². The zero-order valence-electron chi connectivity index (χ0n) is 15.2. The van der Waals surface area contributed by atoms with Crippen molar-refractivity contribution in [2.24, 2.45) is 4.99 Å². The van der Waals surface area contributed by atoms with Gasteiger partial charge in [-0.15, -0.1) is 24.0 Å². The van der Waals surface area contributed by atoms with Gasteiger partial charge >= 0.3 is 0 Å². The van der Waals surface area contributed by atoms with E-state index >= 15 is 0 Å². The molecule has 0 amide bonds. The molecular weight excluding hydrogens is 399 g/mol. The fourth-order valence-electron chi connectivity index (χ4n) is 2.69. The minimum absolute atomic E-state index is 0. The lowest BCUT2D eigenvalue weighted by molar-refractivity contribution is 0.231. The second-order valence-corrected chi connectivity index (χ2v) is 5.50. The van der Waals surface area contributed by atoms with Crippen LogP contribution in [0.15, 0.2) is 29.3 Å². The molecule has 0 aromatic heterocycles. The van der Waals surface area contributed by atoms with Crippen molar-refractivity contribution in [3.63, 3.8) is 0 Å². The Hall–Kier alpha value is -0.820. The minimum atomic E-state index is 0. The highest BCUT2D eigenvalue weighted by Crippen LogP contribution is 2.08. The van der Waals surface area contributed by atoms with Crippen LogP contribution in [0.2, 0.25) is 0 Å². The van der Waals surface area contributed by atoms with Crippen LogP contribution in [-0.4, -0.2) is 43.6 Å². The van der Waals surface area contributed by atoms with Crippen LogP contribution in [0.3, 0.4) is 0 Å². The van der Waals surface area contributed by atoms with Gasteiger partial charge in [-0.1, -0.05) is 45.0 Å². The molecule has 0 aliphatic carbocycles. The number of aliphatic imine (C=N–C) groups is 1. The monoisotopic (exact) mass is 432 g/mol.